The zero-order valence-electron chi connectivity index (χ0n) is 13.9. The standard InChI is InChI=1S/C21H16FN3O/c22-17-8-6-16(7-9-17)20(13-19-3-1-2-12-24-19)21(26)25-18-10-4-15(14-23)5-11-18/h1-12,20H,13H2,(H,25,26). The second-order valence-electron chi connectivity index (χ2n) is 5.81. The summed E-state index contributed by atoms with van der Waals surface area (Å²) in [5, 5.41) is 11.7. The highest BCUT2D eigenvalue weighted by atomic mass is 19.1. The Morgan fingerprint density at radius 3 is 2.42 bits per heavy atom. The van der Waals surface area contributed by atoms with E-state index in [1.54, 1.807) is 42.6 Å². The van der Waals surface area contributed by atoms with Gasteiger partial charge in [-0.15, -0.1) is 0 Å². The van der Waals surface area contributed by atoms with E-state index in [-0.39, 0.29) is 11.7 Å². The van der Waals surface area contributed by atoms with E-state index < -0.39 is 5.92 Å². The van der Waals surface area contributed by atoms with E-state index in [9.17, 15) is 9.18 Å². The van der Waals surface area contributed by atoms with Crippen LogP contribution in [0.2, 0.25) is 0 Å². The quantitative estimate of drug-likeness (QED) is 0.758. The fraction of sp³-hybridized carbons (Fsp3) is 0.0952. The van der Waals surface area contributed by atoms with Gasteiger partial charge in [0.2, 0.25) is 5.91 Å². The number of hydrogen-bond acceptors (Lipinski definition) is 3. The molecule has 1 atom stereocenters. The van der Waals surface area contributed by atoms with E-state index in [0.717, 1.165) is 5.69 Å². The fourth-order valence-corrected chi connectivity index (χ4v) is 2.64. The van der Waals surface area contributed by atoms with Gasteiger partial charge in [-0.25, -0.2) is 4.39 Å². The summed E-state index contributed by atoms with van der Waals surface area (Å²) >= 11 is 0. The minimum absolute atomic E-state index is 0.216. The maximum absolute atomic E-state index is 13.3. The summed E-state index contributed by atoms with van der Waals surface area (Å²) in [6, 6.07) is 20.1. The van der Waals surface area contributed by atoms with Crippen LogP contribution < -0.4 is 5.32 Å². The number of nitrogens with one attached hydrogen (secondary N) is 1. The normalized spacial score (nSPS) is 11.4. The number of amides is 1. The van der Waals surface area contributed by atoms with Crippen LogP contribution in [0.4, 0.5) is 10.1 Å². The molecule has 3 aromatic rings. The second kappa shape index (κ2) is 8.04. The van der Waals surface area contributed by atoms with Gasteiger partial charge in [0.25, 0.3) is 0 Å². The van der Waals surface area contributed by atoms with Gasteiger partial charge >= 0.3 is 0 Å². The Morgan fingerprint density at radius 2 is 1.81 bits per heavy atom. The second-order valence-corrected chi connectivity index (χ2v) is 5.81. The molecule has 0 saturated heterocycles. The van der Waals surface area contributed by atoms with Crippen molar-refractivity contribution in [2.75, 3.05) is 5.32 Å². The van der Waals surface area contributed by atoms with Gasteiger partial charge in [-0.1, -0.05) is 18.2 Å². The summed E-state index contributed by atoms with van der Waals surface area (Å²) in [4.78, 5) is 17.1. The van der Waals surface area contributed by atoms with E-state index >= 15 is 0 Å². The highest BCUT2D eigenvalue weighted by molar-refractivity contribution is 5.96. The zero-order valence-corrected chi connectivity index (χ0v) is 13.9. The first-order chi connectivity index (χ1) is 12.7. The summed E-state index contributed by atoms with van der Waals surface area (Å²) in [5.41, 5.74) is 2.61. The first-order valence-corrected chi connectivity index (χ1v) is 8.12. The molecule has 0 saturated carbocycles. The van der Waals surface area contributed by atoms with Crippen molar-refractivity contribution in [2.24, 2.45) is 0 Å². The predicted molar refractivity (Wildman–Crippen MR) is 96.9 cm³/mol. The number of carbonyl (C=O) groups excluding carboxylic acids is 1. The Balaban J connectivity index is 1.84. The monoisotopic (exact) mass is 345 g/mol. The molecule has 1 N–H and O–H groups in total. The third kappa shape index (κ3) is 4.31. The van der Waals surface area contributed by atoms with Gasteiger partial charge in [0.05, 0.1) is 17.6 Å². The lowest BCUT2D eigenvalue weighted by atomic mass is 9.93. The molecule has 1 aromatic heterocycles. The number of benzene rings is 2. The molecule has 2 aromatic carbocycles. The third-order valence-electron chi connectivity index (χ3n) is 4.01. The van der Waals surface area contributed by atoms with E-state index in [1.165, 1.54) is 12.1 Å². The largest absolute Gasteiger partial charge is 0.326 e. The van der Waals surface area contributed by atoms with Gasteiger partial charge in [0.1, 0.15) is 5.82 Å². The molecule has 0 fully saturated rings. The molecule has 3 rings (SSSR count). The molecule has 128 valence electrons. The summed E-state index contributed by atoms with van der Waals surface area (Å²) < 4.78 is 13.3. The number of carbonyl (C=O) groups is 1. The van der Waals surface area contributed by atoms with Gasteiger partial charge in [0.15, 0.2) is 0 Å². The zero-order chi connectivity index (χ0) is 18.4. The first kappa shape index (κ1) is 17.3. The Morgan fingerprint density at radius 1 is 1.08 bits per heavy atom. The molecule has 0 aliphatic rings. The lowest BCUT2D eigenvalue weighted by molar-refractivity contribution is -0.117. The smallest absolute Gasteiger partial charge is 0.232 e. The minimum Gasteiger partial charge on any atom is -0.326 e. The van der Waals surface area contributed by atoms with Crippen LogP contribution in [0.5, 0.6) is 0 Å². The van der Waals surface area contributed by atoms with Crippen LogP contribution in [0.15, 0.2) is 72.9 Å². The maximum Gasteiger partial charge on any atom is 0.232 e. The first-order valence-electron chi connectivity index (χ1n) is 8.12. The number of rotatable bonds is 5. The number of pyridine rings is 1. The highest BCUT2D eigenvalue weighted by Crippen LogP contribution is 2.23. The molecule has 0 radical (unpaired) electrons. The number of nitriles is 1. The van der Waals surface area contributed by atoms with Gasteiger partial charge < -0.3 is 5.32 Å². The molecular weight excluding hydrogens is 329 g/mol. The van der Waals surface area contributed by atoms with Crippen molar-refractivity contribution in [3.8, 4) is 6.07 Å². The van der Waals surface area contributed by atoms with Gasteiger partial charge in [-0.05, 0) is 54.1 Å². The van der Waals surface area contributed by atoms with Crippen molar-refractivity contribution < 1.29 is 9.18 Å². The maximum atomic E-state index is 13.3. The summed E-state index contributed by atoms with van der Waals surface area (Å²) in [6.07, 6.45) is 2.07. The van der Waals surface area contributed by atoms with Crippen molar-refractivity contribution in [1.29, 1.82) is 5.26 Å². The van der Waals surface area contributed by atoms with Crippen molar-refractivity contribution in [3.05, 3.63) is 95.6 Å². The Bertz CT molecular complexity index is 916. The number of anilines is 1. The minimum atomic E-state index is -0.513. The summed E-state index contributed by atoms with van der Waals surface area (Å²) in [6.45, 7) is 0. The number of aromatic nitrogens is 1. The average Bonchev–Trinajstić information content (AvgIpc) is 2.68. The van der Waals surface area contributed by atoms with E-state index in [2.05, 4.69) is 10.3 Å². The van der Waals surface area contributed by atoms with Crippen molar-refractivity contribution in [1.82, 2.24) is 4.98 Å². The third-order valence-corrected chi connectivity index (χ3v) is 4.01. The van der Waals surface area contributed by atoms with Crippen LogP contribution in [-0.2, 0) is 11.2 Å². The Kier molecular flexibility index (Phi) is 5.35. The molecule has 1 amide bonds. The van der Waals surface area contributed by atoms with Crippen molar-refractivity contribution in [3.63, 3.8) is 0 Å². The molecule has 0 spiro atoms. The van der Waals surface area contributed by atoms with Crippen LogP contribution >= 0.6 is 0 Å². The van der Waals surface area contributed by atoms with Crippen molar-refractivity contribution >= 4 is 11.6 Å². The molecule has 0 aliphatic heterocycles. The molecule has 0 aliphatic carbocycles. The van der Waals surface area contributed by atoms with Crippen molar-refractivity contribution in [2.45, 2.75) is 12.3 Å². The lowest BCUT2D eigenvalue weighted by Crippen LogP contribution is -2.23. The average molecular weight is 345 g/mol. The highest BCUT2D eigenvalue weighted by Gasteiger charge is 2.22. The number of halogens is 1. The number of hydrogen-bond donors (Lipinski definition) is 1. The van der Waals surface area contributed by atoms with Crippen LogP contribution in [-0.4, -0.2) is 10.9 Å². The van der Waals surface area contributed by atoms with Crippen LogP contribution in [0.3, 0.4) is 0 Å². The lowest BCUT2D eigenvalue weighted by Gasteiger charge is -2.17. The fourth-order valence-electron chi connectivity index (χ4n) is 2.64. The molecule has 5 heteroatoms. The van der Waals surface area contributed by atoms with Crippen LogP contribution in [0.25, 0.3) is 0 Å². The van der Waals surface area contributed by atoms with E-state index in [0.29, 0.717) is 23.2 Å². The molecule has 1 unspecified atom stereocenters. The predicted octanol–water partition coefficient (Wildman–Crippen LogP) is 4.06. The molecule has 1 heterocycles. The summed E-state index contributed by atoms with van der Waals surface area (Å²) in [7, 11) is 0. The van der Waals surface area contributed by atoms with Gasteiger partial charge in [-0.3, -0.25) is 9.78 Å². The number of nitrogens with zero attached hydrogens (tertiary/aromatic N) is 2. The Labute approximate surface area is 150 Å². The van der Waals surface area contributed by atoms with Crippen LogP contribution in [0, 0.1) is 17.1 Å². The molecular formula is C21H16FN3O. The van der Waals surface area contributed by atoms with E-state index in [1.807, 2.05) is 24.3 Å². The van der Waals surface area contributed by atoms with Gasteiger partial charge in [0, 0.05) is 24.0 Å². The Hall–Kier alpha value is -3.52. The van der Waals surface area contributed by atoms with Crippen LogP contribution in [0.1, 0.15) is 22.7 Å². The SMILES string of the molecule is N#Cc1ccc(NC(=O)C(Cc2ccccn2)c2ccc(F)cc2)cc1. The molecule has 0 bridgehead atoms. The topological polar surface area (TPSA) is 65.8 Å². The van der Waals surface area contributed by atoms with Gasteiger partial charge in [-0.2, -0.15) is 5.26 Å². The molecule has 4 nitrogen and oxygen atoms in total. The van der Waals surface area contributed by atoms with E-state index in [4.69, 9.17) is 5.26 Å². The molecule has 26 heavy (non-hydrogen) atoms. The summed E-state index contributed by atoms with van der Waals surface area (Å²) in [5.74, 6) is -1.08.